The van der Waals surface area contributed by atoms with Gasteiger partial charge in [-0.3, -0.25) is 14.6 Å². The van der Waals surface area contributed by atoms with Crippen LogP contribution in [0.1, 0.15) is 38.8 Å². The summed E-state index contributed by atoms with van der Waals surface area (Å²) in [4.78, 5) is 30.8. The summed E-state index contributed by atoms with van der Waals surface area (Å²) in [5.41, 5.74) is 1.65. The second-order valence-electron chi connectivity index (χ2n) is 5.60. The molecule has 0 saturated carbocycles. The third-order valence-electron chi connectivity index (χ3n) is 3.84. The number of pyridine rings is 1. The zero-order valence-corrected chi connectivity index (χ0v) is 14.6. The molecule has 0 radical (unpaired) electrons. The molecule has 124 valence electrons. The summed E-state index contributed by atoms with van der Waals surface area (Å²) in [7, 11) is 0. The van der Waals surface area contributed by atoms with E-state index in [0.717, 1.165) is 12.0 Å². The first-order chi connectivity index (χ1) is 11.0. The second kappa shape index (κ2) is 8.15. The van der Waals surface area contributed by atoms with Gasteiger partial charge in [-0.1, -0.05) is 19.1 Å². The third kappa shape index (κ3) is 4.34. The van der Waals surface area contributed by atoms with Crippen molar-refractivity contribution in [2.24, 2.45) is 0 Å². The van der Waals surface area contributed by atoms with E-state index in [1.54, 1.807) is 29.1 Å². The number of rotatable bonds is 5. The molecule has 1 aliphatic heterocycles. The highest BCUT2D eigenvalue weighted by Gasteiger charge is 2.35. The maximum absolute atomic E-state index is 12.6. The van der Waals surface area contributed by atoms with Gasteiger partial charge in [-0.2, -0.15) is 0 Å². The summed E-state index contributed by atoms with van der Waals surface area (Å²) in [6.07, 6.45) is 6.16. The Morgan fingerprint density at radius 1 is 1.57 bits per heavy atom. The van der Waals surface area contributed by atoms with Crippen LogP contribution in [-0.4, -0.2) is 39.4 Å². The molecule has 1 N–H and O–H groups in total. The summed E-state index contributed by atoms with van der Waals surface area (Å²) >= 11 is 1.61. The third-order valence-corrected chi connectivity index (χ3v) is 4.85. The van der Waals surface area contributed by atoms with Crippen LogP contribution in [0.3, 0.4) is 0 Å². The SMILES string of the molecule is CC/C=C(/C)C(=O)N1CSC[C@@H]1C(=O)N[C@@H](C)c1cccnc1. The predicted octanol–water partition coefficient (Wildman–Crippen LogP) is 2.52. The van der Waals surface area contributed by atoms with Crippen LogP contribution in [0.2, 0.25) is 0 Å². The highest BCUT2D eigenvalue weighted by molar-refractivity contribution is 7.99. The van der Waals surface area contributed by atoms with Crippen molar-refractivity contribution in [2.75, 3.05) is 11.6 Å². The molecule has 5 nitrogen and oxygen atoms in total. The lowest BCUT2D eigenvalue weighted by Gasteiger charge is -2.25. The van der Waals surface area contributed by atoms with Crippen LogP contribution in [-0.2, 0) is 9.59 Å². The van der Waals surface area contributed by atoms with E-state index in [0.29, 0.717) is 17.2 Å². The summed E-state index contributed by atoms with van der Waals surface area (Å²) < 4.78 is 0. The average Bonchev–Trinajstić information content (AvgIpc) is 3.04. The molecule has 6 heteroatoms. The van der Waals surface area contributed by atoms with Crippen LogP contribution in [0.25, 0.3) is 0 Å². The van der Waals surface area contributed by atoms with Crippen molar-refractivity contribution in [3.05, 3.63) is 41.7 Å². The molecule has 0 spiro atoms. The van der Waals surface area contributed by atoms with Gasteiger partial charge in [0.1, 0.15) is 6.04 Å². The number of allylic oxidation sites excluding steroid dienone is 1. The predicted molar refractivity (Wildman–Crippen MR) is 92.8 cm³/mol. The fourth-order valence-electron chi connectivity index (χ4n) is 2.51. The van der Waals surface area contributed by atoms with Crippen LogP contribution in [0.5, 0.6) is 0 Å². The molecule has 1 fully saturated rings. The normalized spacial score (nSPS) is 19.5. The van der Waals surface area contributed by atoms with Crippen molar-refractivity contribution in [3.63, 3.8) is 0 Å². The van der Waals surface area contributed by atoms with Gasteiger partial charge in [0.15, 0.2) is 0 Å². The van der Waals surface area contributed by atoms with E-state index in [-0.39, 0.29) is 17.9 Å². The van der Waals surface area contributed by atoms with Crippen molar-refractivity contribution >= 4 is 23.6 Å². The fraction of sp³-hybridized carbons (Fsp3) is 0.471. The molecule has 1 aromatic rings. The minimum atomic E-state index is -0.410. The van der Waals surface area contributed by atoms with Gasteiger partial charge in [-0.15, -0.1) is 11.8 Å². The number of carbonyl (C=O) groups is 2. The largest absolute Gasteiger partial charge is 0.348 e. The number of carbonyl (C=O) groups excluding carboxylic acids is 2. The van der Waals surface area contributed by atoms with Crippen LogP contribution >= 0.6 is 11.8 Å². The zero-order valence-electron chi connectivity index (χ0n) is 13.8. The van der Waals surface area contributed by atoms with Gasteiger partial charge in [-0.05, 0) is 31.9 Å². The molecule has 1 aromatic heterocycles. The van der Waals surface area contributed by atoms with Gasteiger partial charge < -0.3 is 10.2 Å². The quantitative estimate of drug-likeness (QED) is 0.841. The van der Waals surface area contributed by atoms with Crippen molar-refractivity contribution in [3.8, 4) is 0 Å². The molecule has 2 rings (SSSR count). The van der Waals surface area contributed by atoms with E-state index in [1.165, 1.54) is 0 Å². The fourth-order valence-corrected chi connectivity index (χ4v) is 3.66. The van der Waals surface area contributed by atoms with Gasteiger partial charge in [0, 0.05) is 23.7 Å². The van der Waals surface area contributed by atoms with Crippen LogP contribution in [0, 0.1) is 0 Å². The van der Waals surface area contributed by atoms with Crippen LogP contribution in [0.15, 0.2) is 36.2 Å². The Kier molecular flexibility index (Phi) is 6.21. The molecule has 0 aromatic carbocycles. The van der Waals surface area contributed by atoms with Crippen molar-refractivity contribution < 1.29 is 9.59 Å². The van der Waals surface area contributed by atoms with E-state index in [9.17, 15) is 9.59 Å². The Bertz CT molecular complexity index is 589. The van der Waals surface area contributed by atoms with Crippen molar-refractivity contribution in [1.82, 2.24) is 15.2 Å². The van der Waals surface area contributed by atoms with E-state index in [1.807, 2.05) is 39.0 Å². The molecule has 1 saturated heterocycles. The van der Waals surface area contributed by atoms with Crippen LogP contribution in [0.4, 0.5) is 0 Å². The average molecular weight is 333 g/mol. The Morgan fingerprint density at radius 2 is 2.35 bits per heavy atom. The number of amides is 2. The molecule has 1 aliphatic rings. The lowest BCUT2D eigenvalue weighted by atomic mass is 10.1. The minimum Gasteiger partial charge on any atom is -0.348 e. The maximum Gasteiger partial charge on any atom is 0.250 e. The van der Waals surface area contributed by atoms with Gasteiger partial charge >= 0.3 is 0 Å². The van der Waals surface area contributed by atoms with Gasteiger partial charge in [0.2, 0.25) is 5.91 Å². The molecule has 0 unspecified atom stereocenters. The van der Waals surface area contributed by atoms with E-state index >= 15 is 0 Å². The molecule has 2 atom stereocenters. The molecular formula is C17H23N3O2S. The molecule has 0 aliphatic carbocycles. The standard InChI is InChI=1S/C17H23N3O2S/c1-4-6-12(2)17(22)20-11-23-10-15(20)16(21)19-13(3)14-7-5-8-18-9-14/h5-9,13,15H,4,10-11H2,1-3H3,(H,19,21)/b12-6-/t13-,15+/m0/s1. The van der Waals surface area contributed by atoms with E-state index < -0.39 is 6.04 Å². The van der Waals surface area contributed by atoms with Crippen molar-refractivity contribution in [1.29, 1.82) is 0 Å². The maximum atomic E-state index is 12.6. The molecule has 0 bridgehead atoms. The topological polar surface area (TPSA) is 62.3 Å². The zero-order chi connectivity index (χ0) is 16.8. The lowest BCUT2D eigenvalue weighted by Crippen LogP contribution is -2.48. The first-order valence-electron chi connectivity index (χ1n) is 7.80. The molecule has 23 heavy (non-hydrogen) atoms. The highest BCUT2D eigenvalue weighted by Crippen LogP contribution is 2.24. The summed E-state index contributed by atoms with van der Waals surface area (Å²) in [6, 6.07) is 3.23. The number of hydrogen-bond donors (Lipinski definition) is 1. The van der Waals surface area contributed by atoms with Gasteiger partial charge in [0.05, 0.1) is 11.9 Å². The molecule has 2 heterocycles. The highest BCUT2D eigenvalue weighted by atomic mass is 32.2. The monoisotopic (exact) mass is 333 g/mol. The Hall–Kier alpha value is -1.82. The molecule has 2 amide bonds. The number of nitrogens with one attached hydrogen (secondary N) is 1. The second-order valence-corrected chi connectivity index (χ2v) is 6.60. The minimum absolute atomic E-state index is 0.0500. The Balaban J connectivity index is 2.03. The Labute approximate surface area is 141 Å². The van der Waals surface area contributed by atoms with Crippen molar-refractivity contribution in [2.45, 2.75) is 39.3 Å². The number of hydrogen-bond acceptors (Lipinski definition) is 4. The lowest BCUT2D eigenvalue weighted by molar-refractivity contribution is -0.135. The summed E-state index contributed by atoms with van der Waals surface area (Å²) in [5, 5.41) is 2.99. The first-order valence-corrected chi connectivity index (χ1v) is 8.95. The summed E-state index contributed by atoms with van der Waals surface area (Å²) in [5.74, 6) is 1.04. The number of nitrogens with zero attached hydrogens (tertiary/aromatic N) is 2. The number of aromatic nitrogens is 1. The molecular weight excluding hydrogens is 310 g/mol. The Morgan fingerprint density at radius 3 is 3.00 bits per heavy atom. The smallest absolute Gasteiger partial charge is 0.250 e. The van der Waals surface area contributed by atoms with Crippen LogP contribution < -0.4 is 5.32 Å². The number of thioether (sulfide) groups is 1. The van der Waals surface area contributed by atoms with E-state index in [2.05, 4.69) is 10.3 Å². The van der Waals surface area contributed by atoms with Gasteiger partial charge in [-0.25, -0.2) is 0 Å². The summed E-state index contributed by atoms with van der Waals surface area (Å²) in [6.45, 7) is 5.72. The first kappa shape index (κ1) is 17.5. The van der Waals surface area contributed by atoms with E-state index in [4.69, 9.17) is 0 Å². The van der Waals surface area contributed by atoms with Gasteiger partial charge in [0.25, 0.3) is 5.91 Å².